The second-order valence-electron chi connectivity index (χ2n) is 4.67. The number of hydrogen-bond donors (Lipinski definition) is 2. The molecule has 116 valence electrons. The summed E-state index contributed by atoms with van der Waals surface area (Å²) in [5.74, 6) is 1.60. The molecule has 0 spiro atoms. The van der Waals surface area contributed by atoms with Crippen molar-refractivity contribution in [3.8, 4) is 11.5 Å². The molecule has 1 aromatic carbocycles. The van der Waals surface area contributed by atoms with Gasteiger partial charge in [0.05, 0.1) is 26.5 Å². The molecule has 0 aliphatic carbocycles. The molecule has 0 aliphatic rings. The van der Waals surface area contributed by atoms with E-state index in [4.69, 9.17) is 15.2 Å². The van der Waals surface area contributed by atoms with Crippen LogP contribution in [0.1, 0.15) is 11.4 Å². The van der Waals surface area contributed by atoms with Crippen molar-refractivity contribution in [3.05, 3.63) is 47.8 Å². The maximum atomic E-state index is 5.89. The Bertz CT molecular complexity index is 671. The summed E-state index contributed by atoms with van der Waals surface area (Å²) in [5, 5.41) is 3.02. The minimum Gasteiger partial charge on any atom is -0.493 e. The number of ether oxygens (including phenoxy) is 2. The Morgan fingerprint density at radius 1 is 1.18 bits per heavy atom. The summed E-state index contributed by atoms with van der Waals surface area (Å²) < 4.78 is 10.4. The number of anilines is 1. The number of aliphatic imine (C=N–C) groups is 1. The van der Waals surface area contributed by atoms with Gasteiger partial charge in [0.1, 0.15) is 0 Å². The van der Waals surface area contributed by atoms with Crippen molar-refractivity contribution in [2.24, 2.45) is 10.7 Å². The molecule has 1 heterocycles. The number of nitrogens with two attached hydrogens (primary N) is 1. The van der Waals surface area contributed by atoms with Crippen LogP contribution in [-0.4, -0.2) is 25.2 Å². The van der Waals surface area contributed by atoms with Gasteiger partial charge < -0.3 is 20.5 Å². The molecule has 0 amide bonds. The fourth-order valence-corrected chi connectivity index (χ4v) is 1.96. The van der Waals surface area contributed by atoms with Gasteiger partial charge in [-0.05, 0) is 31.2 Å². The molecule has 0 unspecified atom stereocenters. The first-order valence-corrected chi connectivity index (χ1v) is 6.84. The number of benzene rings is 1. The Balaban J connectivity index is 2.05. The molecule has 0 fully saturated rings. The van der Waals surface area contributed by atoms with E-state index in [0.717, 1.165) is 17.1 Å². The Hall–Kier alpha value is -2.76. The van der Waals surface area contributed by atoms with Crippen LogP contribution in [0.2, 0.25) is 0 Å². The average Bonchev–Trinajstić information content (AvgIpc) is 2.53. The summed E-state index contributed by atoms with van der Waals surface area (Å²) in [6, 6.07) is 11.3. The number of aromatic nitrogens is 1. The van der Waals surface area contributed by atoms with Crippen LogP contribution >= 0.6 is 0 Å². The van der Waals surface area contributed by atoms with Gasteiger partial charge in [0, 0.05) is 17.4 Å². The van der Waals surface area contributed by atoms with E-state index in [1.807, 2.05) is 31.2 Å². The molecule has 0 saturated heterocycles. The molecular weight excluding hydrogens is 280 g/mol. The van der Waals surface area contributed by atoms with Gasteiger partial charge in [-0.25, -0.2) is 4.99 Å². The predicted octanol–water partition coefficient (Wildman–Crippen LogP) is 2.33. The van der Waals surface area contributed by atoms with Gasteiger partial charge in [-0.15, -0.1) is 0 Å². The second kappa shape index (κ2) is 7.31. The molecule has 6 heteroatoms. The van der Waals surface area contributed by atoms with Crippen LogP contribution in [0.3, 0.4) is 0 Å². The lowest BCUT2D eigenvalue weighted by atomic mass is 10.3. The smallest absolute Gasteiger partial charge is 0.193 e. The highest BCUT2D eigenvalue weighted by atomic mass is 16.5. The lowest BCUT2D eigenvalue weighted by Gasteiger charge is -2.10. The first-order valence-electron chi connectivity index (χ1n) is 6.84. The Labute approximate surface area is 130 Å². The van der Waals surface area contributed by atoms with Crippen LogP contribution < -0.4 is 20.5 Å². The first kappa shape index (κ1) is 15.6. The Morgan fingerprint density at radius 2 is 1.95 bits per heavy atom. The van der Waals surface area contributed by atoms with E-state index in [-0.39, 0.29) is 0 Å². The summed E-state index contributed by atoms with van der Waals surface area (Å²) in [4.78, 5) is 8.65. The molecule has 0 saturated carbocycles. The third kappa shape index (κ3) is 4.12. The van der Waals surface area contributed by atoms with Crippen molar-refractivity contribution in [1.29, 1.82) is 0 Å². The minimum atomic E-state index is 0.315. The topological polar surface area (TPSA) is 81.8 Å². The number of hydrogen-bond acceptors (Lipinski definition) is 4. The molecule has 0 atom stereocenters. The normalized spacial score (nSPS) is 11.1. The molecule has 0 bridgehead atoms. The van der Waals surface area contributed by atoms with E-state index >= 15 is 0 Å². The molecule has 0 aliphatic heterocycles. The van der Waals surface area contributed by atoms with Crippen LogP contribution in [0.15, 0.2) is 41.4 Å². The number of methoxy groups -OCH3 is 2. The van der Waals surface area contributed by atoms with E-state index in [1.165, 1.54) is 0 Å². The molecule has 1 aromatic heterocycles. The maximum absolute atomic E-state index is 5.89. The largest absolute Gasteiger partial charge is 0.493 e. The minimum absolute atomic E-state index is 0.315. The zero-order valence-corrected chi connectivity index (χ0v) is 13.0. The van der Waals surface area contributed by atoms with E-state index in [0.29, 0.717) is 24.0 Å². The van der Waals surface area contributed by atoms with E-state index in [9.17, 15) is 0 Å². The van der Waals surface area contributed by atoms with Gasteiger partial charge >= 0.3 is 0 Å². The van der Waals surface area contributed by atoms with Crippen LogP contribution in [0.25, 0.3) is 0 Å². The van der Waals surface area contributed by atoms with Crippen molar-refractivity contribution in [2.45, 2.75) is 13.5 Å². The summed E-state index contributed by atoms with van der Waals surface area (Å²) in [6.45, 7) is 2.37. The van der Waals surface area contributed by atoms with Crippen molar-refractivity contribution in [2.75, 3.05) is 19.5 Å². The van der Waals surface area contributed by atoms with Gasteiger partial charge in [-0.1, -0.05) is 6.07 Å². The number of aryl methyl sites for hydroxylation is 1. The number of nitrogens with zero attached hydrogens (tertiary/aromatic N) is 2. The van der Waals surface area contributed by atoms with Crippen LogP contribution in [-0.2, 0) is 6.54 Å². The third-order valence-electron chi connectivity index (χ3n) is 3.01. The summed E-state index contributed by atoms with van der Waals surface area (Å²) in [5.41, 5.74) is 8.50. The predicted molar refractivity (Wildman–Crippen MR) is 87.5 cm³/mol. The molecular formula is C16H20N4O2. The molecule has 3 N–H and O–H groups in total. The standard InChI is InChI=1S/C16H20N4O2/c1-11-5-4-6-13(19-11)10-18-16(17)20-12-7-8-14(21-2)15(9-12)22-3/h4-9H,10H2,1-3H3,(H3,17,18,20). The van der Waals surface area contributed by atoms with E-state index < -0.39 is 0 Å². The highest BCUT2D eigenvalue weighted by molar-refractivity contribution is 5.92. The summed E-state index contributed by atoms with van der Waals surface area (Å²) in [7, 11) is 3.18. The molecule has 22 heavy (non-hydrogen) atoms. The lowest BCUT2D eigenvalue weighted by molar-refractivity contribution is 0.355. The Kier molecular flexibility index (Phi) is 5.19. The Morgan fingerprint density at radius 3 is 2.64 bits per heavy atom. The summed E-state index contributed by atoms with van der Waals surface area (Å²) >= 11 is 0. The van der Waals surface area contributed by atoms with E-state index in [1.54, 1.807) is 26.4 Å². The van der Waals surface area contributed by atoms with Crippen molar-refractivity contribution < 1.29 is 9.47 Å². The number of pyridine rings is 1. The molecule has 0 radical (unpaired) electrons. The third-order valence-corrected chi connectivity index (χ3v) is 3.01. The van der Waals surface area contributed by atoms with Crippen LogP contribution in [0.4, 0.5) is 5.69 Å². The number of rotatable bonds is 5. The SMILES string of the molecule is COc1ccc(NC(N)=NCc2cccc(C)n2)cc1OC. The second-order valence-corrected chi connectivity index (χ2v) is 4.67. The highest BCUT2D eigenvalue weighted by Crippen LogP contribution is 2.29. The van der Waals surface area contributed by atoms with Crippen molar-refractivity contribution in [1.82, 2.24) is 4.98 Å². The van der Waals surface area contributed by atoms with Gasteiger partial charge in [0.25, 0.3) is 0 Å². The fraction of sp³-hybridized carbons (Fsp3) is 0.250. The zero-order valence-electron chi connectivity index (χ0n) is 13.0. The number of guanidine groups is 1. The zero-order chi connectivity index (χ0) is 15.9. The fourth-order valence-electron chi connectivity index (χ4n) is 1.96. The van der Waals surface area contributed by atoms with Crippen molar-refractivity contribution >= 4 is 11.6 Å². The van der Waals surface area contributed by atoms with Gasteiger partial charge in [-0.3, -0.25) is 4.98 Å². The van der Waals surface area contributed by atoms with Crippen LogP contribution in [0, 0.1) is 6.92 Å². The maximum Gasteiger partial charge on any atom is 0.193 e. The van der Waals surface area contributed by atoms with Gasteiger partial charge in [-0.2, -0.15) is 0 Å². The quantitative estimate of drug-likeness (QED) is 0.654. The molecule has 2 rings (SSSR count). The number of nitrogens with one attached hydrogen (secondary N) is 1. The van der Waals surface area contributed by atoms with Crippen molar-refractivity contribution in [3.63, 3.8) is 0 Å². The van der Waals surface area contributed by atoms with Crippen LogP contribution in [0.5, 0.6) is 11.5 Å². The first-order chi connectivity index (χ1) is 10.6. The average molecular weight is 300 g/mol. The van der Waals surface area contributed by atoms with Gasteiger partial charge in [0.2, 0.25) is 0 Å². The lowest BCUT2D eigenvalue weighted by Crippen LogP contribution is -2.22. The summed E-state index contributed by atoms with van der Waals surface area (Å²) in [6.07, 6.45) is 0. The molecule has 2 aromatic rings. The van der Waals surface area contributed by atoms with Gasteiger partial charge in [0.15, 0.2) is 17.5 Å². The molecule has 6 nitrogen and oxygen atoms in total. The highest BCUT2D eigenvalue weighted by Gasteiger charge is 2.05. The van der Waals surface area contributed by atoms with E-state index in [2.05, 4.69) is 15.3 Å². The monoisotopic (exact) mass is 300 g/mol.